The molecule has 0 aliphatic carbocycles. The van der Waals surface area contributed by atoms with Crippen LogP contribution in [0.3, 0.4) is 0 Å². The maximum atomic E-state index is 12.9. The van der Waals surface area contributed by atoms with Crippen LogP contribution in [0, 0.1) is 5.92 Å². The third-order valence-corrected chi connectivity index (χ3v) is 11.3. The summed E-state index contributed by atoms with van der Waals surface area (Å²) >= 11 is 0. The summed E-state index contributed by atoms with van der Waals surface area (Å²) in [5, 5.41) is 0. The van der Waals surface area contributed by atoms with Crippen molar-refractivity contribution in [2.75, 3.05) is 45.0 Å². The van der Waals surface area contributed by atoms with Gasteiger partial charge in [-0.05, 0) is 49.9 Å². The number of hydrogen-bond acceptors (Lipinski definition) is 6. The van der Waals surface area contributed by atoms with E-state index in [0.717, 1.165) is 12.8 Å². The van der Waals surface area contributed by atoms with Crippen molar-refractivity contribution in [3.05, 3.63) is 24.3 Å². The number of piperazine rings is 1. The lowest BCUT2D eigenvalue weighted by Gasteiger charge is -2.33. The van der Waals surface area contributed by atoms with Crippen LogP contribution in [0.5, 0.6) is 0 Å². The highest BCUT2D eigenvalue weighted by Crippen LogP contribution is 2.25. The first kappa shape index (κ1) is 23.6. The second-order valence-corrected chi connectivity index (χ2v) is 13.9. The molecule has 1 atom stereocenters. The number of rotatable bonds is 6. The molecule has 0 spiro atoms. The van der Waals surface area contributed by atoms with Crippen molar-refractivity contribution in [2.24, 2.45) is 5.92 Å². The molecule has 30 heavy (non-hydrogen) atoms. The van der Waals surface area contributed by atoms with Gasteiger partial charge in [-0.3, -0.25) is 0 Å². The van der Waals surface area contributed by atoms with Crippen molar-refractivity contribution in [1.29, 1.82) is 0 Å². The maximum absolute atomic E-state index is 12.9. The molecule has 2 aliphatic heterocycles. The van der Waals surface area contributed by atoms with Crippen LogP contribution in [0.4, 0.5) is 0 Å². The van der Waals surface area contributed by atoms with E-state index >= 15 is 0 Å². The van der Waals surface area contributed by atoms with E-state index in [-0.39, 0.29) is 41.7 Å². The molecule has 12 heteroatoms. The summed E-state index contributed by atoms with van der Waals surface area (Å²) in [4.78, 5) is 0.0784. The van der Waals surface area contributed by atoms with Gasteiger partial charge in [0.1, 0.15) is 0 Å². The first-order valence-corrected chi connectivity index (χ1v) is 14.6. The molecule has 2 heterocycles. The Morgan fingerprint density at radius 1 is 0.767 bits per heavy atom. The number of sulfonamides is 3. The molecule has 3 rings (SSSR count). The van der Waals surface area contributed by atoms with Crippen molar-refractivity contribution in [1.82, 2.24) is 12.9 Å². The van der Waals surface area contributed by atoms with Crippen LogP contribution in [-0.2, 0) is 30.1 Å². The van der Waals surface area contributed by atoms with E-state index in [1.165, 1.54) is 37.2 Å². The smallest absolute Gasteiger partial charge is 0.212 e. The van der Waals surface area contributed by atoms with Gasteiger partial charge < -0.3 is 0 Å². The van der Waals surface area contributed by atoms with E-state index < -0.39 is 30.1 Å². The summed E-state index contributed by atoms with van der Waals surface area (Å²) in [7, 11) is -10.8. The predicted molar refractivity (Wildman–Crippen MR) is 113 cm³/mol. The van der Waals surface area contributed by atoms with Crippen molar-refractivity contribution >= 4 is 30.1 Å². The lowest BCUT2D eigenvalue weighted by Crippen LogP contribution is -2.50. The van der Waals surface area contributed by atoms with Gasteiger partial charge in [0.05, 0.1) is 15.5 Å². The number of piperidine rings is 1. The van der Waals surface area contributed by atoms with Crippen molar-refractivity contribution in [3.8, 4) is 0 Å². The molecule has 0 aromatic heterocycles. The minimum absolute atomic E-state index is 0.000242. The molecule has 0 N–H and O–H groups in total. The van der Waals surface area contributed by atoms with Crippen molar-refractivity contribution in [3.63, 3.8) is 0 Å². The maximum Gasteiger partial charge on any atom is 0.243 e. The first-order chi connectivity index (χ1) is 14.0. The quantitative estimate of drug-likeness (QED) is 0.596. The predicted octanol–water partition coefficient (Wildman–Crippen LogP) is 0.763. The second kappa shape index (κ2) is 8.83. The zero-order valence-corrected chi connectivity index (χ0v) is 19.7. The lowest BCUT2D eigenvalue weighted by atomic mass is 10.0. The van der Waals surface area contributed by atoms with E-state index in [1.807, 2.05) is 6.92 Å². The molecule has 0 bridgehead atoms. The summed E-state index contributed by atoms with van der Waals surface area (Å²) in [5.41, 5.74) is 0. The van der Waals surface area contributed by atoms with Gasteiger partial charge >= 0.3 is 0 Å². The van der Waals surface area contributed by atoms with Crippen molar-refractivity contribution in [2.45, 2.75) is 36.5 Å². The fraction of sp³-hybridized carbons (Fsp3) is 0.667. The van der Waals surface area contributed by atoms with E-state index in [2.05, 4.69) is 0 Å². The van der Waals surface area contributed by atoms with Gasteiger partial charge in [0, 0.05) is 39.3 Å². The Morgan fingerprint density at radius 3 is 1.70 bits per heavy atom. The number of benzene rings is 1. The zero-order valence-electron chi connectivity index (χ0n) is 17.3. The van der Waals surface area contributed by atoms with E-state index in [9.17, 15) is 25.3 Å². The summed E-state index contributed by atoms with van der Waals surface area (Å²) in [6.45, 7) is 4.84. The average Bonchev–Trinajstić information content (AvgIpc) is 2.74. The molecule has 2 aliphatic rings. The monoisotopic (exact) mass is 479 g/mol. The van der Waals surface area contributed by atoms with Gasteiger partial charge in [0.15, 0.2) is 0 Å². The van der Waals surface area contributed by atoms with Gasteiger partial charge in [0.25, 0.3) is 0 Å². The van der Waals surface area contributed by atoms with E-state index in [4.69, 9.17) is 0 Å². The van der Waals surface area contributed by atoms with Gasteiger partial charge in [0.2, 0.25) is 30.1 Å². The second-order valence-electron chi connectivity index (χ2n) is 7.79. The Kier molecular flexibility index (Phi) is 6.95. The van der Waals surface area contributed by atoms with Gasteiger partial charge in [-0.15, -0.1) is 0 Å². The number of nitrogens with zero attached hydrogens (tertiary/aromatic N) is 3. The van der Waals surface area contributed by atoms with Gasteiger partial charge in [-0.1, -0.05) is 6.92 Å². The SMILES string of the molecule is CCS(=O)(=O)N1CCN(S(=O)(=O)c2ccc(S(=O)(=O)N3CCC[C@@H](C)C3)cc2)CC1. The molecule has 0 saturated carbocycles. The Hall–Kier alpha value is -1.05. The minimum atomic E-state index is -3.83. The normalized spacial score (nSPS) is 23.5. The summed E-state index contributed by atoms with van der Waals surface area (Å²) < 4.78 is 79.5. The Morgan fingerprint density at radius 2 is 1.23 bits per heavy atom. The third-order valence-electron chi connectivity index (χ3n) is 5.67. The van der Waals surface area contributed by atoms with Crippen LogP contribution < -0.4 is 0 Å². The highest BCUT2D eigenvalue weighted by Gasteiger charge is 2.33. The van der Waals surface area contributed by atoms with Gasteiger partial charge in [-0.2, -0.15) is 12.9 Å². The summed E-state index contributed by atoms with van der Waals surface area (Å²) in [6, 6.07) is 5.29. The van der Waals surface area contributed by atoms with Crippen LogP contribution in [0.15, 0.2) is 34.1 Å². The highest BCUT2D eigenvalue weighted by atomic mass is 32.2. The molecular weight excluding hydrogens is 450 g/mol. The standard InChI is InChI=1S/C18H29N3O6S3/c1-3-28(22,23)19-11-13-20(14-12-19)29(24,25)17-6-8-18(9-7-17)30(26,27)21-10-4-5-16(2)15-21/h6-9,16H,3-5,10-15H2,1-2H3/t16-/m1/s1. The fourth-order valence-corrected chi connectivity index (χ4v) is 7.92. The Balaban J connectivity index is 1.74. The minimum Gasteiger partial charge on any atom is -0.212 e. The van der Waals surface area contributed by atoms with E-state index in [1.54, 1.807) is 6.92 Å². The Bertz CT molecular complexity index is 1060. The molecule has 170 valence electrons. The largest absolute Gasteiger partial charge is 0.243 e. The molecule has 1 aromatic carbocycles. The van der Waals surface area contributed by atoms with Crippen LogP contribution in [0.2, 0.25) is 0 Å². The summed E-state index contributed by atoms with van der Waals surface area (Å²) in [6.07, 6.45) is 1.81. The van der Waals surface area contributed by atoms with Crippen LogP contribution in [-0.4, -0.2) is 83.2 Å². The summed E-state index contributed by atoms with van der Waals surface area (Å²) in [5.74, 6) is 0.272. The molecule has 2 saturated heterocycles. The molecule has 0 radical (unpaired) electrons. The van der Waals surface area contributed by atoms with Crippen LogP contribution in [0.25, 0.3) is 0 Å². The Labute approximate surface area is 179 Å². The number of hydrogen-bond donors (Lipinski definition) is 0. The zero-order chi connectivity index (χ0) is 22.2. The molecule has 0 amide bonds. The molecule has 1 aromatic rings. The third kappa shape index (κ3) is 4.73. The van der Waals surface area contributed by atoms with Crippen LogP contribution in [0.1, 0.15) is 26.7 Å². The fourth-order valence-electron chi connectivity index (χ4n) is 3.82. The first-order valence-electron chi connectivity index (χ1n) is 10.1. The topological polar surface area (TPSA) is 112 Å². The molecular formula is C18H29N3O6S3. The average molecular weight is 480 g/mol. The lowest BCUT2D eigenvalue weighted by molar-refractivity contribution is 0.273. The molecule has 9 nitrogen and oxygen atoms in total. The molecule has 2 fully saturated rings. The molecule has 0 unspecified atom stereocenters. The van der Waals surface area contributed by atoms with Crippen molar-refractivity contribution < 1.29 is 25.3 Å². The highest BCUT2D eigenvalue weighted by molar-refractivity contribution is 7.90. The van der Waals surface area contributed by atoms with Gasteiger partial charge in [-0.25, -0.2) is 25.3 Å². The van der Waals surface area contributed by atoms with Crippen LogP contribution >= 0.6 is 0 Å². The van der Waals surface area contributed by atoms with E-state index in [0.29, 0.717) is 19.0 Å².